The van der Waals surface area contributed by atoms with Crippen LogP contribution in [0.5, 0.6) is 0 Å². The zero-order chi connectivity index (χ0) is 13.2. The topological polar surface area (TPSA) is 55.0 Å². The Morgan fingerprint density at radius 2 is 2.16 bits per heavy atom. The number of piperidine rings is 1. The van der Waals surface area contributed by atoms with Crippen LogP contribution in [-0.2, 0) is 0 Å². The van der Waals surface area contributed by atoms with Gasteiger partial charge in [0.2, 0.25) is 0 Å². The van der Waals surface area contributed by atoms with Gasteiger partial charge in [-0.25, -0.2) is 0 Å². The van der Waals surface area contributed by atoms with Crippen LogP contribution in [0.1, 0.15) is 26.2 Å². The second kappa shape index (κ2) is 5.13. The van der Waals surface area contributed by atoms with Crippen LogP contribution in [0.25, 0.3) is 10.9 Å². The largest absolute Gasteiger partial charge is 0.363 e. The molecule has 2 atom stereocenters. The van der Waals surface area contributed by atoms with Crippen molar-refractivity contribution in [3.05, 3.63) is 30.5 Å². The number of benzene rings is 1. The molecule has 19 heavy (non-hydrogen) atoms. The van der Waals surface area contributed by atoms with Crippen molar-refractivity contribution in [1.29, 1.82) is 0 Å². The molecule has 3 rings (SSSR count). The molecule has 0 saturated carbocycles. The van der Waals surface area contributed by atoms with Gasteiger partial charge in [-0.15, -0.1) is 0 Å². The fourth-order valence-electron chi connectivity index (χ4n) is 3.15. The fourth-order valence-corrected chi connectivity index (χ4v) is 3.15. The second-order valence-corrected chi connectivity index (χ2v) is 5.32. The minimum Gasteiger partial charge on any atom is -0.363 e. The molecule has 1 aliphatic heterocycles. The molecule has 2 N–H and O–H groups in total. The maximum atomic E-state index is 5.96. The molecule has 2 aromatic rings. The summed E-state index contributed by atoms with van der Waals surface area (Å²) in [6.45, 7) is 2.97. The van der Waals surface area contributed by atoms with Gasteiger partial charge in [0.15, 0.2) is 0 Å². The van der Waals surface area contributed by atoms with E-state index in [1.807, 2.05) is 18.3 Å². The zero-order valence-electron chi connectivity index (χ0n) is 11.3. The molecule has 1 aliphatic rings. The second-order valence-electron chi connectivity index (χ2n) is 5.32. The lowest BCUT2D eigenvalue weighted by Gasteiger charge is -2.42. The summed E-state index contributed by atoms with van der Waals surface area (Å²) in [6.07, 6.45) is 5.52. The lowest BCUT2D eigenvalue weighted by Crippen LogP contribution is -2.49. The minimum absolute atomic E-state index is 0.413. The Hall–Kier alpha value is -1.68. The van der Waals surface area contributed by atoms with Crippen molar-refractivity contribution in [2.45, 2.75) is 38.3 Å². The first kappa shape index (κ1) is 12.4. The molecule has 0 spiro atoms. The molecule has 4 heteroatoms. The SMILES string of the molecule is CC1CCCC(CN)N1c1cnnc2ccccc12. The Balaban J connectivity index is 2.11. The average molecular weight is 256 g/mol. The van der Waals surface area contributed by atoms with Crippen molar-refractivity contribution in [1.82, 2.24) is 10.2 Å². The number of fused-ring (bicyclic) bond motifs is 1. The number of hydrogen-bond donors (Lipinski definition) is 1. The van der Waals surface area contributed by atoms with E-state index in [0.717, 1.165) is 11.9 Å². The van der Waals surface area contributed by atoms with Gasteiger partial charge in [-0.2, -0.15) is 10.2 Å². The Morgan fingerprint density at radius 1 is 1.32 bits per heavy atom. The molecular formula is C15H20N4. The van der Waals surface area contributed by atoms with Crippen molar-refractivity contribution in [2.24, 2.45) is 5.73 Å². The van der Waals surface area contributed by atoms with Crippen LogP contribution < -0.4 is 10.6 Å². The molecule has 1 saturated heterocycles. The highest BCUT2D eigenvalue weighted by atomic mass is 15.2. The normalized spacial score (nSPS) is 23.8. The summed E-state index contributed by atoms with van der Waals surface area (Å²) in [6, 6.07) is 9.11. The van der Waals surface area contributed by atoms with Crippen molar-refractivity contribution in [3.8, 4) is 0 Å². The van der Waals surface area contributed by atoms with Gasteiger partial charge in [0.1, 0.15) is 0 Å². The third-order valence-electron chi connectivity index (χ3n) is 4.10. The molecule has 2 unspecified atom stereocenters. The number of anilines is 1. The van der Waals surface area contributed by atoms with Crippen molar-refractivity contribution >= 4 is 16.6 Å². The summed E-state index contributed by atoms with van der Waals surface area (Å²) in [5.74, 6) is 0. The smallest absolute Gasteiger partial charge is 0.0950 e. The van der Waals surface area contributed by atoms with Gasteiger partial charge in [0.25, 0.3) is 0 Å². The van der Waals surface area contributed by atoms with E-state index in [9.17, 15) is 0 Å². The van der Waals surface area contributed by atoms with Gasteiger partial charge in [-0.3, -0.25) is 0 Å². The summed E-state index contributed by atoms with van der Waals surface area (Å²) in [5.41, 5.74) is 8.09. The van der Waals surface area contributed by atoms with Crippen LogP contribution in [0.3, 0.4) is 0 Å². The monoisotopic (exact) mass is 256 g/mol. The molecule has 2 heterocycles. The fraction of sp³-hybridized carbons (Fsp3) is 0.467. The van der Waals surface area contributed by atoms with E-state index in [1.54, 1.807) is 0 Å². The lowest BCUT2D eigenvalue weighted by molar-refractivity contribution is 0.401. The van der Waals surface area contributed by atoms with Gasteiger partial charge < -0.3 is 10.6 Å². The zero-order valence-corrected chi connectivity index (χ0v) is 11.3. The van der Waals surface area contributed by atoms with E-state index >= 15 is 0 Å². The summed E-state index contributed by atoms with van der Waals surface area (Å²) in [4.78, 5) is 2.44. The summed E-state index contributed by atoms with van der Waals surface area (Å²) < 4.78 is 0. The van der Waals surface area contributed by atoms with Gasteiger partial charge in [0.05, 0.1) is 17.4 Å². The van der Waals surface area contributed by atoms with Gasteiger partial charge >= 0.3 is 0 Å². The molecule has 0 bridgehead atoms. The highest BCUT2D eigenvalue weighted by Crippen LogP contribution is 2.32. The van der Waals surface area contributed by atoms with Crippen molar-refractivity contribution < 1.29 is 0 Å². The summed E-state index contributed by atoms with van der Waals surface area (Å²) in [5, 5.41) is 9.53. The third kappa shape index (κ3) is 2.16. The Bertz CT molecular complexity index is 564. The maximum Gasteiger partial charge on any atom is 0.0950 e. The van der Waals surface area contributed by atoms with E-state index in [1.165, 1.54) is 23.9 Å². The van der Waals surface area contributed by atoms with Crippen LogP contribution in [0.15, 0.2) is 30.5 Å². The molecule has 4 nitrogen and oxygen atoms in total. The first-order chi connectivity index (χ1) is 9.31. The van der Waals surface area contributed by atoms with Crippen LogP contribution in [0, 0.1) is 0 Å². The van der Waals surface area contributed by atoms with Crippen molar-refractivity contribution in [2.75, 3.05) is 11.4 Å². The summed E-state index contributed by atoms with van der Waals surface area (Å²) >= 11 is 0. The Labute approximate surface area is 113 Å². The molecular weight excluding hydrogens is 236 g/mol. The maximum absolute atomic E-state index is 5.96. The Kier molecular flexibility index (Phi) is 3.34. The van der Waals surface area contributed by atoms with E-state index in [2.05, 4.69) is 34.2 Å². The number of nitrogens with two attached hydrogens (primary N) is 1. The predicted molar refractivity (Wildman–Crippen MR) is 78.2 cm³/mol. The van der Waals surface area contributed by atoms with E-state index in [0.29, 0.717) is 18.6 Å². The third-order valence-corrected chi connectivity index (χ3v) is 4.10. The van der Waals surface area contributed by atoms with Crippen molar-refractivity contribution in [3.63, 3.8) is 0 Å². The van der Waals surface area contributed by atoms with Gasteiger partial charge in [-0.1, -0.05) is 18.2 Å². The molecule has 0 radical (unpaired) electrons. The lowest BCUT2D eigenvalue weighted by atomic mass is 9.95. The van der Waals surface area contributed by atoms with Crippen LogP contribution in [-0.4, -0.2) is 28.8 Å². The molecule has 1 aromatic carbocycles. The molecule has 100 valence electrons. The number of aromatic nitrogens is 2. The quantitative estimate of drug-likeness (QED) is 0.896. The molecule has 1 fully saturated rings. The van der Waals surface area contributed by atoms with Crippen LogP contribution in [0.4, 0.5) is 5.69 Å². The van der Waals surface area contributed by atoms with E-state index in [-0.39, 0.29) is 0 Å². The predicted octanol–water partition coefficient (Wildman–Crippen LogP) is 2.34. The Morgan fingerprint density at radius 3 is 3.00 bits per heavy atom. The van der Waals surface area contributed by atoms with E-state index < -0.39 is 0 Å². The first-order valence-electron chi connectivity index (χ1n) is 7.00. The van der Waals surface area contributed by atoms with Gasteiger partial charge in [0, 0.05) is 24.0 Å². The highest BCUT2D eigenvalue weighted by molar-refractivity contribution is 5.91. The number of rotatable bonds is 2. The summed E-state index contributed by atoms with van der Waals surface area (Å²) in [7, 11) is 0. The highest BCUT2D eigenvalue weighted by Gasteiger charge is 2.28. The van der Waals surface area contributed by atoms with Crippen LogP contribution in [0.2, 0.25) is 0 Å². The molecule has 1 aromatic heterocycles. The van der Waals surface area contributed by atoms with Crippen LogP contribution >= 0.6 is 0 Å². The molecule has 0 amide bonds. The number of nitrogens with zero attached hydrogens (tertiary/aromatic N) is 3. The average Bonchev–Trinajstić information content (AvgIpc) is 2.46. The minimum atomic E-state index is 0.413. The van der Waals surface area contributed by atoms with E-state index in [4.69, 9.17) is 5.73 Å². The number of hydrogen-bond acceptors (Lipinski definition) is 4. The standard InChI is InChI=1S/C15H20N4/c1-11-5-4-6-12(9-16)19(11)15-10-17-18-14-8-3-2-7-13(14)15/h2-3,7-8,10-12H,4-6,9,16H2,1H3. The first-order valence-corrected chi connectivity index (χ1v) is 7.00. The molecule has 0 aliphatic carbocycles. The van der Waals surface area contributed by atoms with Gasteiger partial charge in [-0.05, 0) is 32.3 Å².